The zero-order valence-corrected chi connectivity index (χ0v) is 16.5. The number of aryl methyl sites for hydroxylation is 1. The molecule has 1 N–H and O–H groups in total. The van der Waals surface area contributed by atoms with Crippen LogP contribution in [0.3, 0.4) is 0 Å². The first-order chi connectivity index (χ1) is 13.2. The highest BCUT2D eigenvalue weighted by atomic mass is 32.2. The van der Waals surface area contributed by atoms with Crippen LogP contribution in [0, 0.1) is 0 Å². The molecule has 0 radical (unpaired) electrons. The van der Waals surface area contributed by atoms with Crippen molar-refractivity contribution in [2.45, 2.75) is 24.8 Å². The van der Waals surface area contributed by atoms with E-state index in [2.05, 4.69) is 30.4 Å². The van der Waals surface area contributed by atoms with Gasteiger partial charge in [0, 0.05) is 18.0 Å². The van der Waals surface area contributed by atoms with Crippen molar-refractivity contribution in [2.75, 3.05) is 19.4 Å². The topological polar surface area (TPSA) is 51.2 Å². The van der Waals surface area contributed by atoms with Crippen LogP contribution < -0.4 is 10.1 Å². The van der Waals surface area contributed by atoms with Crippen LogP contribution in [0.15, 0.2) is 59.6 Å². The van der Waals surface area contributed by atoms with Crippen molar-refractivity contribution in [1.29, 1.82) is 0 Å². The fraction of sp³-hybridized carbons (Fsp3) is 0.273. The lowest BCUT2D eigenvalue weighted by Gasteiger charge is -2.10. The van der Waals surface area contributed by atoms with Gasteiger partial charge in [-0.05, 0) is 42.2 Å². The standard InChI is InChI=1S/C22H24N2O2S/c1-3-17-13-18-9-10-19(26-2)14-20(18)24-22(17)27-15-21(25)23-12-11-16-7-5-4-6-8-16/h4-10,13-14H,3,11-12,15H2,1-2H3,(H,23,25). The molecule has 4 nitrogen and oxygen atoms in total. The van der Waals surface area contributed by atoms with Crippen LogP contribution in [0.4, 0.5) is 0 Å². The number of benzene rings is 2. The van der Waals surface area contributed by atoms with E-state index in [-0.39, 0.29) is 5.91 Å². The van der Waals surface area contributed by atoms with Crippen LogP contribution >= 0.6 is 11.8 Å². The number of carbonyl (C=O) groups is 1. The lowest BCUT2D eigenvalue weighted by Crippen LogP contribution is -2.27. The number of hydrogen-bond donors (Lipinski definition) is 1. The second-order valence-electron chi connectivity index (χ2n) is 6.24. The Morgan fingerprint density at radius 3 is 2.70 bits per heavy atom. The minimum absolute atomic E-state index is 0.0329. The van der Waals surface area contributed by atoms with Gasteiger partial charge < -0.3 is 10.1 Å². The molecule has 2 aromatic carbocycles. The molecule has 0 spiro atoms. The molecule has 1 heterocycles. The number of pyridine rings is 1. The number of aromatic nitrogens is 1. The number of thioether (sulfide) groups is 1. The molecule has 0 unspecified atom stereocenters. The number of nitrogens with one attached hydrogen (secondary N) is 1. The van der Waals surface area contributed by atoms with E-state index >= 15 is 0 Å². The van der Waals surface area contributed by atoms with E-state index in [1.54, 1.807) is 7.11 Å². The molecular weight excluding hydrogens is 356 g/mol. The maximum Gasteiger partial charge on any atom is 0.230 e. The molecule has 5 heteroatoms. The number of amides is 1. The third kappa shape index (κ3) is 5.23. The fourth-order valence-corrected chi connectivity index (χ4v) is 3.78. The Morgan fingerprint density at radius 1 is 1.15 bits per heavy atom. The van der Waals surface area contributed by atoms with Crippen molar-refractivity contribution in [1.82, 2.24) is 10.3 Å². The Bertz CT molecular complexity index is 913. The van der Waals surface area contributed by atoms with Crippen LogP contribution in [0.5, 0.6) is 5.75 Å². The molecule has 140 valence electrons. The van der Waals surface area contributed by atoms with Gasteiger partial charge in [-0.25, -0.2) is 4.98 Å². The number of ether oxygens (including phenoxy) is 1. The first-order valence-electron chi connectivity index (χ1n) is 9.10. The Hall–Kier alpha value is -2.53. The molecule has 0 aliphatic heterocycles. The van der Waals surface area contributed by atoms with Crippen molar-refractivity contribution in [3.63, 3.8) is 0 Å². The summed E-state index contributed by atoms with van der Waals surface area (Å²) >= 11 is 1.49. The summed E-state index contributed by atoms with van der Waals surface area (Å²) < 4.78 is 5.29. The molecule has 0 saturated heterocycles. The molecule has 3 aromatic rings. The number of carbonyl (C=O) groups excluding carboxylic acids is 1. The lowest BCUT2D eigenvalue weighted by atomic mass is 10.1. The summed E-state index contributed by atoms with van der Waals surface area (Å²) in [6.45, 7) is 2.75. The highest BCUT2D eigenvalue weighted by Gasteiger charge is 2.10. The third-order valence-corrected chi connectivity index (χ3v) is 5.40. The quantitative estimate of drug-likeness (QED) is 0.594. The van der Waals surface area contributed by atoms with E-state index in [4.69, 9.17) is 9.72 Å². The Labute approximate surface area is 164 Å². The van der Waals surface area contributed by atoms with Crippen LogP contribution in [-0.4, -0.2) is 30.3 Å². The van der Waals surface area contributed by atoms with Crippen molar-refractivity contribution in [2.24, 2.45) is 0 Å². The number of rotatable bonds is 8. The van der Waals surface area contributed by atoms with Crippen molar-refractivity contribution in [3.05, 3.63) is 65.7 Å². The number of methoxy groups -OCH3 is 1. The molecule has 27 heavy (non-hydrogen) atoms. The highest BCUT2D eigenvalue weighted by Crippen LogP contribution is 2.27. The van der Waals surface area contributed by atoms with E-state index < -0.39 is 0 Å². The smallest absolute Gasteiger partial charge is 0.230 e. The van der Waals surface area contributed by atoms with E-state index in [1.807, 2.05) is 36.4 Å². The number of hydrogen-bond acceptors (Lipinski definition) is 4. The van der Waals surface area contributed by atoms with Gasteiger partial charge >= 0.3 is 0 Å². The van der Waals surface area contributed by atoms with Gasteiger partial charge in [-0.1, -0.05) is 49.0 Å². The Morgan fingerprint density at radius 2 is 1.96 bits per heavy atom. The summed E-state index contributed by atoms with van der Waals surface area (Å²) in [5.74, 6) is 1.18. The maximum atomic E-state index is 12.2. The van der Waals surface area contributed by atoms with Gasteiger partial charge in [0.15, 0.2) is 0 Å². The normalized spacial score (nSPS) is 10.7. The van der Waals surface area contributed by atoms with E-state index in [0.29, 0.717) is 12.3 Å². The third-order valence-electron chi connectivity index (χ3n) is 4.36. The van der Waals surface area contributed by atoms with Gasteiger partial charge in [0.1, 0.15) is 10.8 Å². The molecule has 3 rings (SSSR count). The SMILES string of the molecule is CCc1cc2ccc(OC)cc2nc1SCC(=O)NCCc1ccccc1. The molecule has 1 aromatic heterocycles. The summed E-state index contributed by atoms with van der Waals surface area (Å²) in [5, 5.41) is 4.99. The molecule has 0 bridgehead atoms. The van der Waals surface area contributed by atoms with Crippen molar-refractivity contribution in [3.8, 4) is 5.75 Å². The summed E-state index contributed by atoms with van der Waals surface area (Å²) in [7, 11) is 1.65. The molecule has 0 saturated carbocycles. The zero-order valence-electron chi connectivity index (χ0n) is 15.7. The first kappa shape index (κ1) is 19.2. The van der Waals surface area contributed by atoms with E-state index in [9.17, 15) is 4.79 Å². The summed E-state index contributed by atoms with van der Waals surface area (Å²) in [5.41, 5.74) is 3.28. The minimum Gasteiger partial charge on any atom is -0.497 e. The van der Waals surface area contributed by atoms with E-state index in [1.165, 1.54) is 17.3 Å². The van der Waals surface area contributed by atoms with E-state index in [0.717, 1.165) is 40.1 Å². The van der Waals surface area contributed by atoms with Gasteiger partial charge in [0.05, 0.1) is 18.4 Å². The Balaban J connectivity index is 1.60. The van der Waals surface area contributed by atoms with Crippen molar-refractivity contribution >= 4 is 28.6 Å². The predicted octanol–water partition coefficient (Wildman–Crippen LogP) is 4.26. The number of fused-ring (bicyclic) bond motifs is 1. The van der Waals surface area contributed by atoms with Crippen LogP contribution in [0.1, 0.15) is 18.1 Å². The second-order valence-corrected chi connectivity index (χ2v) is 7.20. The fourth-order valence-electron chi connectivity index (χ4n) is 2.85. The van der Waals surface area contributed by atoms with Crippen LogP contribution in [0.2, 0.25) is 0 Å². The monoisotopic (exact) mass is 380 g/mol. The number of nitrogens with zero attached hydrogens (tertiary/aromatic N) is 1. The van der Waals surface area contributed by atoms with Gasteiger partial charge in [-0.3, -0.25) is 4.79 Å². The molecule has 1 amide bonds. The van der Waals surface area contributed by atoms with Gasteiger partial charge in [0.2, 0.25) is 5.91 Å². The zero-order chi connectivity index (χ0) is 19.1. The minimum atomic E-state index is 0.0329. The lowest BCUT2D eigenvalue weighted by molar-refractivity contribution is -0.118. The van der Waals surface area contributed by atoms with Gasteiger partial charge in [0.25, 0.3) is 0 Å². The average Bonchev–Trinajstić information content (AvgIpc) is 2.71. The van der Waals surface area contributed by atoms with Crippen LogP contribution in [-0.2, 0) is 17.6 Å². The van der Waals surface area contributed by atoms with Crippen LogP contribution in [0.25, 0.3) is 10.9 Å². The first-order valence-corrected chi connectivity index (χ1v) is 10.1. The molecule has 0 fully saturated rings. The molecule has 0 aliphatic carbocycles. The largest absolute Gasteiger partial charge is 0.497 e. The van der Waals surface area contributed by atoms with Gasteiger partial charge in [-0.2, -0.15) is 0 Å². The predicted molar refractivity (Wildman–Crippen MR) is 112 cm³/mol. The maximum absolute atomic E-state index is 12.2. The highest BCUT2D eigenvalue weighted by molar-refractivity contribution is 7.99. The summed E-state index contributed by atoms with van der Waals surface area (Å²) in [4.78, 5) is 16.9. The van der Waals surface area contributed by atoms with Gasteiger partial charge in [-0.15, -0.1) is 0 Å². The average molecular weight is 381 g/mol. The molecular formula is C22H24N2O2S. The summed E-state index contributed by atoms with van der Waals surface area (Å²) in [6.07, 6.45) is 1.72. The second kappa shape index (κ2) is 9.42. The molecule has 0 atom stereocenters. The van der Waals surface area contributed by atoms with Crippen molar-refractivity contribution < 1.29 is 9.53 Å². The molecule has 0 aliphatic rings. The summed E-state index contributed by atoms with van der Waals surface area (Å²) in [6, 6.07) is 18.2. The Kier molecular flexibility index (Phi) is 6.71.